The van der Waals surface area contributed by atoms with E-state index in [-0.39, 0.29) is 12.2 Å². The molecule has 0 aromatic heterocycles. The van der Waals surface area contributed by atoms with Gasteiger partial charge in [-0.1, -0.05) is 18.2 Å². The standard InChI is InChI=1S/C14H22N2O3S/c1-11-9-16(10-12(2)19-11)20(17,18)14-7-5-4-6-13(14)8-15-3/h4-7,11-12,15H,8-10H2,1-3H3/t11-,12+. The molecule has 1 aromatic carbocycles. The lowest BCUT2D eigenvalue weighted by Gasteiger charge is -2.34. The summed E-state index contributed by atoms with van der Waals surface area (Å²) in [6, 6.07) is 7.14. The van der Waals surface area contributed by atoms with Crippen LogP contribution in [0, 0.1) is 0 Å². The summed E-state index contributed by atoms with van der Waals surface area (Å²) in [6.07, 6.45) is -0.157. The van der Waals surface area contributed by atoms with Gasteiger partial charge in [0, 0.05) is 19.6 Å². The van der Waals surface area contributed by atoms with E-state index in [4.69, 9.17) is 4.74 Å². The van der Waals surface area contributed by atoms with Crippen molar-refractivity contribution < 1.29 is 13.2 Å². The zero-order valence-electron chi connectivity index (χ0n) is 12.2. The van der Waals surface area contributed by atoms with Crippen LogP contribution in [0.5, 0.6) is 0 Å². The largest absolute Gasteiger partial charge is 0.373 e. The van der Waals surface area contributed by atoms with E-state index in [2.05, 4.69) is 5.32 Å². The van der Waals surface area contributed by atoms with Crippen LogP contribution < -0.4 is 5.32 Å². The molecule has 0 spiro atoms. The van der Waals surface area contributed by atoms with Crippen molar-refractivity contribution in [3.8, 4) is 0 Å². The highest BCUT2D eigenvalue weighted by atomic mass is 32.2. The van der Waals surface area contributed by atoms with Gasteiger partial charge < -0.3 is 10.1 Å². The maximum Gasteiger partial charge on any atom is 0.243 e. The molecule has 2 rings (SSSR count). The van der Waals surface area contributed by atoms with Gasteiger partial charge in [-0.25, -0.2) is 8.42 Å². The van der Waals surface area contributed by atoms with Crippen molar-refractivity contribution in [1.82, 2.24) is 9.62 Å². The summed E-state index contributed by atoms with van der Waals surface area (Å²) in [4.78, 5) is 0.385. The van der Waals surface area contributed by atoms with E-state index >= 15 is 0 Å². The first-order valence-corrected chi connectivity index (χ1v) is 8.27. The maximum absolute atomic E-state index is 12.8. The van der Waals surface area contributed by atoms with Crippen LogP contribution in [-0.2, 0) is 21.3 Å². The Morgan fingerprint density at radius 1 is 1.25 bits per heavy atom. The van der Waals surface area contributed by atoms with Crippen molar-refractivity contribution >= 4 is 10.0 Å². The van der Waals surface area contributed by atoms with Crippen molar-refractivity contribution in [3.63, 3.8) is 0 Å². The van der Waals surface area contributed by atoms with Gasteiger partial charge in [0.25, 0.3) is 0 Å². The molecule has 0 amide bonds. The maximum atomic E-state index is 12.8. The Balaban J connectivity index is 2.35. The second-order valence-corrected chi connectivity index (χ2v) is 7.12. The first kappa shape index (κ1) is 15.4. The van der Waals surface area contributed by atoms with E-state index in [1.165, 1.54) is 4.31 Å². The molecule has 5 nitrogen and oxygen atoms in total. The second kappa shape index (κ2) is 6.22. The van der Waals surface area contributed by atoms with Crippen LogP contribution in [0.15, 0.2) is 29.2 Å². The van der Waals surface area contributed by atoms with Gasteiger partial charge in [0.05, 0.1) is 17.1 Å². The summed E-state index contributed by atoms with van der Waals surface area (Å²) in [5.74, 6) is 0. The minimum absolute atomic E-state index is 0.0787. The van der Waals surface area contributed by atoms with E-state index in [1.54, 1.807) is 12.1 Å². The molecule has 112 valence electrons. The Kier molecular flexibility index (Phi) is 4.80. The van der Waals surface area contributed by atoms with Gasteiger partial charge in [-0.15, -0.1) is 0 Å². The molecule has 0 bridgehead atoms. The van der Waals surface area contributed by atoms with Crippen molar-refractivity contribution in [3.05, 3.63) is 29.8 Å². The minimum atomic E-state index is -3.47. The number of hydrogen-bond donors (Lipinski definition) is 1. The number of nitrogens with one attached hydrogen (secondary N) is 1. The van der Waals surface area contributed by atoms with Crippen molar-refractivity contribution in [2.24, 2.45) is 0 Å². The Labute approximate surface area is 121 Å². The normalized spacial score (nSPS) is 24.8. The van der Waals surface area contributed by atoms with Gasteiger partial charge in [0.2, 0.25) is 10.0 Å². The molecule has 1 aliphatic heterocycles. The first-order chi connectivity index (χ1) is 9.45. The second-order valence-electron chi connectivity index (χ2n) is 5.22. The summed E-state index contributed by atoms with van der Waals surface area (Å²) < 4.78 is 32.8. The van der Waals surface area contributed by atoms with E-state index in [9.17, 15) is 8.42 Å². The zero-order valence-corrected chi connectivity index (χ0v) is 13.0. The van der Waals surface area contributed by atoms with Gasteiger partial charge in [-0.3, -0.25) is 0 Å². The van der Waals surface area contributed by atoms with Gasteiger partial charge in [-0.2, -0.15) is 4.31 Å². The lowest BCUT2D eigenvalue weighted by atomic mass is 10.2. The van der Waals surface area contributed by atoms with Gasteiger partial charge >= 0.3 is 0 Å². The number of rotatable bonds is 4. The molecule has 1 fully saturated rings. The highest BCUT2D eigenvalue weighted by molar-refractivity contribution is 7.89. The van der Waals surface area contributed by atoms with Gasteiger partial charge in [0.15, 0.2) is 0 Å². The SMILES string of the molecule is CNCc1ccccc1S(=O)(=O)N1C[C@@H](C)O[C@@H](C)C1. The zero-order chi connectivity index (χ0) is 14.8. The highest BCUT2D eigenvalue weighted by Gasteiger charge is 2.33. The monoisotopic (exact) mass is 298 g/mol. The fraction of sp³-hybridized carbons (Fsp3) is 0.571. The third-order valence-corrected chi connectivity index (χ3v) is 5.28. The topological polar surface area (TPSA) is 58.6 Å². The quantitative estimate of drug-likeness (QED) is 0.907. The summed E-state index contributed by atoms with van der Waals surface area (Å²) >= 11 is 0. The van der Waals surface area contributed by atoms with Crippen molar-refractivity contribution in [2.45, 2.75) is 37.5 Å². The number of benzene rings is 1. The first-order valence-electron chi connectivity index (χ1n) is 6.83. The van der Waals surface area contributed by atoms with Gasteiger partial charge in [0.1, 0.15) is 0 Å². The molecule has 0 aliphatic carbocycles. The Bertz CT molecular complexity index is 549. The minimum Gasteiger partial charge on any atom is -0.373 e. The Hall–Kier alpha value is -0.950. The number of sulfonamides is 1. The molecule has 1 aromatic rings. The number of morpholine rings is 1. The third-order valence-electron chi connectivity index (χ3n) is 3.34. The van der Waals surface area contributed by atoms with Crippen LogP contribution in [0.1, 0.15) is 19.4 Å². The predicted octanol–water partition coefficient (Wildman–Crippen LogP) is 1.20. The number of ether oxygens (including phenoxy) is 1. The average Bonchev–Trinajstić information content (AvgIpc) is 2.38. The fourth-order valence-corrected chi connectivity index (χ4v) is 4.37. The third kappa shape index (κ3) is 3.20. The lowest BCUT2D eigenvalue weighted by molar-refractivity contribution is -0.0441. The Morgan fingerprint density at radius 3 is 2.45 bits per heavy atom. The van der Waals surface area contributed by atoms with Crippen LogP contribution in [0.2, 0.25) is 0 Å². The van der Waals surface area contributed by atoms with E-state index < -0.39 is 10.0 Å². The summed E-state index contributed by atoms with van der Waals surface area (Å²) in [7, 11) is -1.66. The van der Waals surface area contributed by atoms with Crippen LogP contribution in [0.3, 0.4) is 0 Å². The molecule has 1 heterocycles. The number of nitrogens with zero attached hydrogens (tertiary/aromatic N) is 1. The predicted molar refractivity (Wildman–Crippen MR) is 78.0 cm³/mol. The summed E-state index contributed by atoms with van der Waals surface area (Å²) in [5, 5.41) is 3.01. The molecule has 6 heteroatoms. The van der Waals surface area contributed by atoms with Crippen molar-refractivity contribution in [1.29, 1.82) is 0 Å². The molecule has 0 saturated carbocycles. The summed E-state index contributed by atoms with van der Waals surface area (Å²) in [6.45, 7) is 5.14. The van der Waals surface area contributed by atoms with Crippen LogP contribution in [0.25, 0.3) is 0 Å². The summed E-state index contributed by atoms with van der Waals surface area (Å²) in [5.41, 5.74) is 0.793. The Morgan fingerprint density at radius 2 is 1.85 bits per heavy atom. The van der Waals surface area contributed by atoms with Gasteiger partial charge in [-0.05, 0) is 32.5 Å². The van der Waals surface area contributed by atoms with E-state index in [1.807, 2.05) is 33.0 Å². The molecular formula is C14H22N2O3S. The van der Waals surface area contributed by atoms with E-state index in [0.717, 1.165) is 5.56 Å². The molecule has 0 radical (unpaired) electrons. The lowest BCUT2D eigenvalue weighted by Crippen LogP contribution is -2.48. The van der Waals surface area contributed by atoms with Crippen LogP contribution in [0.4, 0.5) is 0 Å². The number of hydrogen-bond acceptors (Lipinski definition) is 4. The van der Waals surface area contributed by atoms with Crippen LogP contribution in [-0.4, -0.2) is 45.1 Å². The smallest absolute Gasteiger partial charge is 0.243 e. The molecule has 0 unspecified atom stereocenters. The fourth-order valence-electron chi connectivity index (χ4n) is 2.56. The molecule has 1 N–H and O–H groups in total. The highest BCUT2D eigenvalue weighted by Crippen LogP contribution is 2.23. The van der Waals surface area contributed by atoms with E-state index in [0.29, 0.717) is 24.5 Å². The molecule has 1 aliphatic rings. The molecule has 1 saturated heterocycles. The molecule has 20 heavy (non-hydrogen) atoms. The average molecular weight is 298 g/mol. The van der Waals surface area contributed by atoms with Crippen molar-refractivity contribution in [2.75, 3.05) is 20.1 Å². The van der Waals surface area contributed by atoms with Crippen LogP contribution >= 0.6 is 0 Å². The molecular weight excluding hydrogens is 276 g/mol. The molecule has 2 atom stereocenters.